The first kappa shape index (κ1) is 14.6. The van der Waals surface area contributed by atoms with Crippen molar-refractivity contribution in [3.63, 3.8) is 0 Å². The van der Waals surface area contributed by atoms with Gasteiger partial charge in [0.1, 0.15) is 0 Å². The molecule has 0 saturated carbocycles. The first-order chi connectivity index (χ1) is 8.90. The van der Waals surface area contributed by atoms with Gasteiger partial charge in [-0.1, -0.05) is 39.1 Å². The number of rotatable bonds is 2. The minimum Gasteiger partial charge on any atom is -0.289 e. The molecular formula is C15H11BrCl2O. The van der Waals surface area contributed by atoms with E-state index in [0.717, 1.165) is 15.6 Å². The average Bonchev–Trinajstić information content (AvgIpc) is 2.36. The highest BCUT2D eigenvalue weighted by molar-refractivity contribution is 9.10. The van der Waals surface area contributed by atoms with Gasteiger partial charge in [0.05, 0.1) is 0 Å². The fraction of sp³-hybridized carbons (Fsp3) is 0.133. The van der Waals surface area contributed by atoms with Crippen molar-refractivity contribution in [1.82, 2.24) is 0 Å². The number of aryl methyl sites for hydroxylation is 2. The molecule has 2 aromatic carbocycles. The zero-order valence-corrected chi connectivity index (χ0v) is 13.5. The third-order valence-electron chi connectivity index (χ3n) is 2.92. The predicted molar refractivity (Wildman–Crippen MR) is 83.5 cm³/mol. The molecule has 0 aromatic heterocycles. The molecule has 0 radical (unpaired) electrons. The van der Waals surface area contributed by atoms with Crippen LogP contribution in [0, 0.1) is 13.8 Å². The molecular weight excluding hydrogens is 347 g/mol. The fourth-order valence-electron chi connectivity index (χ4n) is 1.84. The number of halogens is 3. The Balaban J connectivity index is 2.56. The Hall–Kier alpha value is -0.830. The molecule has 0 aliphatic carbocycles. The largest absolute Gasteiger partial charge is 0.289 e. The fourth-order valence-corrected chi connectivity index (χ4v) is 2.66. The molecule has 0 fully saturated rings. The summed E-state index contributed by atoms with van der Waals surface area (Å²) in [6.45, 7) is 3.75. The summed E-state index contributed by atoms with van der Waals surface area (Å²) >= 11 is 15.4. The van der Waals surface area contributed by atoms with Crippen LogP contribution in [0.5, 0.6) is 0 Å². The molecule has 0 unspecified atom stereocenters. The van der Waals surface area contributed by atoms with E-state index in [1.807, 2.05) is 26.0 Å². The number of ketones is 1. The summed E-state index contributed by atoms with van der Waals surface area (Å²) in [5.41, 5.74) is 2.93. The van der Waals surface area contributed by atoms with Gasteiger partial charge in [0.15, 0.2) is 5.78 Å². The van der Waals surface area contributed by atoms with E-state index in [0.29, 0.717) is 21.2 Å². The van der Waals surface area contributed by atoms with Gasteiger partial charge < -0.3 is 0 Å². The number of benzene rings is 2. The SMILES string of the molecule is Cc1cc(C(=O)c2cc(Cl)ccc2Br)c(C)cc1Cl. The Kier molecular flexibility index (Phi) is 4.34. The van der Waals surface area contributed by atoms with E-state index in [9.17, 15) is 4.79 Å². The van der Waals surface area contributed by atoms with Crippen molar-refractivity contribution in [3.8, 4) is 0 Å². The topological polar surface area (TPSA) is 17.1 Å². The zero-order valence-electron chi connectivity index (χ0n) is 10.4. The van der Waals surface area contributed by atoms with E-state index in [-0.39, 0.29) is 5.78 Å². The van der Waals surface area contributed by atoms with E-state index in [1.165, 1.54) is 0 Å². The lowest BCUT2D eigenvalue weighted by molar-refractivity contribution is 0.103. The molecule has 0 N–H and O–H groups in total. The molecule has 19 heavy (non-hydrogen) atoms. The smallest absolute Gasteiger partial charge is 0.194 e. The molecule has 0 amide bonds. The van der Waals surface area contributed by atoms with Gasteiger partial charge >= 0.3 is 0 Å². The molecule has 98 valence electrons. The van der Waals surface area contributed by atoms with Crippen molar-refractivity contribution in [2.75, 3.05) is 0 Å². The lowest BCUT2D eigenvalue weighted by Gasteiger charge is -2.09. The monoisotopic (exact) mass is 356 g/mol. The van der Waals surface area contributed by atoms with Crippen LogP contribution in [0.3, 0.4) is 0 Å². The quantitative estimate of drug-likeness (QED) is 0.639. The summed E-state index contributed by atoms with van der Waals surface area (Å²) in [5, 5.41) is 1.20. The van der Waals surface area contributed by atoms with Crippen LogP contribution in [0.2, 0.25) is 10.0 Å². The van der Waals surface area contributed by atoms with Crippen LogP contribution < -0.4 is 0 Å². The van der Waals surface area contributed by atoms with Crippen LogP contribution in [0.25, 0.3) is 0 Å². The normalized spacial score (nSPS) is 10.6. The standard InChI is InChI=1S/C15H11BrCl2O/c1-8-6-14(18)9(2)5-11(8)15(19)12-7-10(17)3-4-13(12)16/h3-7H,1-2H3. The van der Waals surface area contributed by atoms with Crippen molar-refractivity contribution in [3.05, 3.63) is 67.1 Å². The van der Waals surface area contributed by atoms with E-state index >= 15 is 0 Å². The Morgan fingerprint density at radius 2 is 1.68 bits per heavy atom. The third-order valence-corrected chi connectivity index (χ3v) is 4.26. The zero-order chi connectivity index (χ0) is 14.2. The van der Waals surface area contributed by atoms with E-state index in [1.54, 1.807) is 18.2 Å². The highest BCUT2D eigenvalue weighted by Gasteiger charge is 2.16. The molecule has 0 atom stereocenters. The summed E-state index contributed by atoms with van der Waals surface area (Å²) < 4.78 is 0.730. The first-order valence-electron chi connectivity index (χ1n) is 5.66. The molecule has 2 aromatic rings. The number of carbonyl (C=O) groups excluding carboxylic acids is 1. The molecule has 0 aliphatic rings. The maximum Gasteiger partial charge on any atom is 0.194 e. The second-order valence-electron chi connectivity index (χ2n) is 4.37. The summed E-state index contributed by atoms with van der Waals surface area (Å²) in [6, 6.07) is 8.79. The van der Waals surface area contributed by atoms with Crippen molar-refractivity contribution in [2.24, 2.45) is 0 Å². The van der Waals surface area contributed by atoms with Gasteiger partial charge in [-0.2, -0.15) is 0 Å². The molecule has 0 aliphatic heterocycles. The van der Waals surface area contributed by atoms with Crippen molar-refractivity contribution >= 4 is 44.9 Å². The molecule has 1 nitrogen and oxygen atoms in total. The van der Waals surface area contributed by atoms with E-state index < -0.39 is 0 Å². The minimum atomic E-state index is -0.0633. The van der Waals surface area contributed by atoms with Gasteiger partial charge in [-0.15, -0.1) is 0 Å². The summed E-state index contributed by atoms with van der Waals surface area (Å²) in [6.07, 6.45) is 0. The van der Waals surface area contributed by atoms with E-state index in [4.69, 9.17) is 23.2 Å². The Morgan fingerprint density at radius 3 is 2.37 bits per heavy atom. The summed E-state index contributed by atoms with van der Waals surface area (Å²) in [7, 11) is 0. The highest BCUT2D eigenvalue weighted by Crippen LogP contribution is 2.27. The third kappa shape index (κ3) is 3.02. The minimum absolute atomic E-state index is 0.0633. The van der Waals surface area contributed by atoms with Crippen molar-refractivity contribution in [2.45, 2.75) is 13.8 Å². The molecule has 0 saturated heterocycles. The Bertz CT molecular complexity index is 665. The Labute approximate surface area is 130 Å². The average molecular weight is 358 g/mol. The van der Waals surface area contributed by atoms with Crippen LogP contribution in [-0.4, -0.2) is 5.78 Å². The van der Waals surface area contributed by atoms with Crippen LogP contribution in [0.1, 0.15) is 27.0 Å². The van der Waals surface area contributed by atoms with Crippen LogP contribution in [0.4, 0.5) is 0 Å². The summed E-state index contributed by atoms with van der Waals surface area (Å²) in [5.74, 6) is -0.0633. The second kappa shape index (κ2) is 5.66. The molecule has 0 heterocycles. The van der Waals surface area contributed by atoms with E-state index in [2.05, 4.69) is 15.9 Å². The lowest BCUT2D eigenvalue weighted by atomic mass is 9.97. The van der Waals surface area contributed by atoms with Gasteiger partial charge in [-0.05, 0) is 55.3 Å². The highest BCUT2D eigenvalue weighted by atomic mass is 79.9. The predicted octanol–water partition coefficient (Wildman–Crippen LogP) is 5.60. The van der Waals surface area contributed by atoms with Crippen molar-refractivity contribution < 1.29 is 4.79 Å². The van der Waals surface area contributed by atoms with Gasteiger partial charge in [0.25, 0.3) is 0 Å². The second-order valence-corrected chi connectivity index (χ2v) is 6.07. The maximum absolute atomic E-state index is 12.6. The van der Waals surface area contributed by atoms with Crippen molar-refractivity contribution in [1.29, 1.82) is 0 Å². The van der Waals surface area contributed by atoms with Gasteiger partial charge in [-0.25, -0.2) is 0 Å². The number of hydrogen-bond acceptors (Lipinski definition) is 1. The Morgan fingerprint density at radius 1 is 1.00 bits per heavy atom. The van der Waals surface area contributed by atoms with Gasteiger partial charge in [0.2, 0.25) is 0 Å². The molecule has 0 bridgehead atoms. The maximum atomic E-state index is 12.6. The van der Waals surface area contributed by atoms with Gasteiger partial charge in [-0.3, -0.25) is 4.79 Å². The lowest BCUT2D eigenvalue weighted by Crippen LogP contribution is -2.05. The molecule has 0 spiro atoms. The molecule has 4 heteroatoms. The summed E-state index contributed by atoms with van der Waals surface area (Å²) in [4.78, 5) is 12.6. The van der Waals surface area contributed by atoms with Crippen LogP contribution in [0.15, 0.2) is 34.8 Å². The number of hydrogen-bond donors (Lipinski definition) is 0. The number of carbonyl (C=O) groups is 1. The first-order valence-corrected chi connectivity index (χ1v) is 7.21. The van der Waals surface area contributed by atoms with Gasteiger partial charge in [0, 0.05) is 25.6 Å². The molecule has 2 rings (SSSR count). The van der Waals surface area contributed by atoms with Crippen LogP contribution >= 0.6 is 39.1 Å². The van der Waals surface area contributed by atoms with Crippen LogP contribution in [-0.2, 0) is 0 Å².